The second kappa shape index (κ2) is 7.94. The van der Waals surface area contributed by atoms with Crippen molar-refractivity contribution in [2.75, 3.05) is 39.3 Å². The van der Waals surface area contributed by atoms with Crippen LogP contribution in [-0.4, -0.2) is 54.6 Å². The van der Waals surface area contributed by atoms with E-state index in [0.29, 0.717) is 0 Å². The predicted molar refractivity (Wildman–Crippen MR) is 91.5 cm³/mol. The van der Waals surface area contributed by atoms with E-state index >= 15 is 0 Å². The van der Waals surface area contributed by atoms with Gasteiger partial charge in [0.2, 0.25) is 0 Å². The summed E-state index contributed by atoms with van der Waals surface area (Å²) >= 11 is 0. The molecular weight excluding hydrogens is 258 g/mol. The van der Waals surface area contributed by atoms with Gasteiger partial charge in [-0.15, -0.1) is 0 Å². The third-order valence-electron chi connectivity index (χ3n) is 5.79. The molecule has 0 radical (unpaired) electrons. The Kier molecular flexibility index (Phi) is 6.51. The van der Waals surface area contributed by atoms with Gasteiger partial charge >= 0.3 is 0 Å². The van der Waals surface area contributed by atoms with Crippen LogP contribution in [0.3, 0.4) is 0 Å². The molecule has 21 heavy (non-hydrogen) atoms. The Morgan fingerprint density at radius 1 is 1.10 bits per heavy atom. The Balaban J connectivity index is 1.77. The molecule has 0 aliphatic carbocycles. The highest BCUT2D eigenvalue weighted by Gasteiger charge is 2.33. The maximum Gasteiger partial charge on any atom is 0.0303 e. The first-order valence-corrected chi connectivity index (χ1v) is 9.21. The molecule has 0 amide bonds. The van der Waals surface area contributed by atoms with Crippen LogP contribution in [0.5, 0.6) is 0 Å². The molecule has 0 aromatic carbocycles. The highest BCUT2D eigenvalue weighted by atomic mass is 15.2. The van der Waals surface area contributed by atoms with E-state index in [1.54, 1.807) is 0 Å². The van der Waals surface area contributed by atoms with Crippen LogP contribution in [0.1, 0.15) is 59.3 Å². The van der Waals surface area contributed by atoms with Crippen molar-refractivity contribution in [3.63, 3.8) is 0 Å². The number of nitrogens with two attached hydrogens (primary N) is 1. The Hall–Kier alpha value is -0.120. The van der Waals surface area contributed by atoms with E-state index in [4.69, 9.17) is 5.73 Å². The molecular formula is C18H37N3. The molecule has 0 saturated carbocycles. The molecule has 2 fully saturated rings. The van der Waals surface area contributed by atoms with Crippen molar-refractivity contribution in [2.24, 2.45) is 17.6 Å². The number of rotatable bonds is 7. The van der Waals surface area contributed by atoms with Gasteiger partial charge in [-0.1, -0.05) is 13.8 Å². The summed E-state index contributed by atoms with van der Waals surface area (Å²) in [6.45, 7) is 14.4. The monoisotopic (exact) mass is 295 g/mol. The lowest BCUT2D eigenvalue weighted by Crippen LogP contribution is -2.55. The maximum atomic E-state index is 6.14. The Morgan fingerprint density at radius 2 is 1.71 bits per heavy atom. The molecule has 0 spiro atoms. The van der Waals surface area contributed by atoms with Crippen LogP contribution in [0.25, 0.3) is 0 Å². The molecule has 2 aliphatic heterocycles. The number of hydrogen-bond acceptors (Lipinski definition) is 3. The minimum atomic E-state index is 0.225. The maximum absolute atomic E-state index is 6.14. The normalized spacial score (nSPS) is 25.6. The zero-order chi connectivity index (χ0) is 15.3. The van der Waals surface area contributed by atoms with Crippen molar-refractivity contribution in [3.8, 4) is 0 Å². The van der Waals surface area contributed by atoms with Gasteiger partial charge in [-0.25, -0.2) is 0 Å². The van der Waals surface area contributed by atoms with Gasteiger partial charge in [0.1, 0.15) is 0 Å². The summed E-state index contributed by atoms with van der Waals surface area (Å²) in [5.74, 6) is 1.70. The van der Waals surface area contributed by atoms with Gasteiger partial charge in [0.15, 0.2) is 0 Å². The van der Waals surface area contributed by atoms with E-state index in [2.05, 4.69) is 30.6 Å². The number of likely N-dealkylation sites (tertiary alicyclic amines) is 2. The number of hydrogen-bond donors (Lipinski definition) is 1. The molecule has 3 heteroatoms. The average Bonchev–Trinajstić information content (AvgIpc) is 2.98. The molecule has 1 unspecified atom stereocenters. The molecule has 124 valence electrons. The molecule has 0 aromatic rings. The van der Waals surface area contributed by atoms with Gasteiger partial charge in [0, 0.05) is 18.6 Å². The molecule has 0 aromatic heterocycles. The second-order valence-electron chi connectivity index (χ2n) is 8.07. The van der Waals surface area contributed by atoms with Gasteiger partial charge in [0.05, 0.1) is 0 Å². The summed E-state index contributed by atoms with van der Waals surface area (Å²) in [5, 5.41) is 0. The molecule has 2 aliphatic rings. The summed E-state index contributed by atoms with van der Waals surface area (Å²) in [7, 11) is 0. The van der Waals surface area contributed by atoms with Crippen LogP contribution in [0.4, 0.5) is 0 Å². The van der Waals surface area contributed by atoms with Gasteiger partial charge in [-0.2, -0.15) is 0 Å². The van der Waals surface area contributed by atoms with E-state index in [-0.39, 0.29) is 5.54 Å². The third-order valence-corrected chi connectivity index (χ3v) is 5.79. The first-order valence-electron chi connectivity index (χ1n) is 9.21. The largest absolute Gasteiger partial charge is 0.329 e. The van der Waals surface area contributed by atoms with Crippen LogP contribution in [-0.2, 0) is 0 Å². The molecule has 2 heterocycles. The number of piperidine rings is 1. The third kappa shape index (κ3) is 4.94. The first-order chi connectivity index (χ1) is 10.0. The minimum Gasteiger partial charge on any atom is -0.329 e. The molecule has 1 atom stereocenters. The Morgan fingerprint density at radius 3 is 2.24 bits per heavy atom. The van der Waals surface area contributed by atoms with Crippen molar-refractivity contribution in [3.05, 3.63) is 0 Å². The Labute approximate surface area is 132 Å². The zero-order valence-corrected chi connectivity index (χ0v) is 14.6. The lowest BCUT2D eigenvalue weighted by Gasteiger charge is -2.45. The SMILES string of the molecule is CC(C)CCC(C)(CN)N1CCC(CN2CCCC2)CC1. The fraction of sp³-hybridized carbons (Fsp3) is 1.00. The van der Waals surface area contributed by atoms with Crippen molar-refractivity contribution < 1.29 is 0 Å². The van der Waals surface area contributed by atoms with Crippen LogP contribution in [0.15, 0.2) is 0 Å². The first kappa shape index (κ1) is 17.2. The summed E-state index contributed by atoms with van der Waals surface area (Å²) in [6.07, 6.45) is 8.11. The van der Waals surface area contributed by atoms with Crippen LogP contribution < -0.4 is 5.73 Å². The zero-order valence-electron chi connectivity index (χ0n) is 14.6. The molecule has 2 saturated heterocycles. The molecule has 0 bridgehead atoms. The lowest BCUT2D eigenvalue weighted by atomic mass is 9.86. The fourth-order valence-electron chi connectivity index (χ4n) is 3.97. The van der Waals surface area contributed by atoms with Crippen molar-refractivity contribution in [1.82, 2.24) is 9.80 Å². The highest BCUT2D eigenvalue weighted by Crippen LogP contribution is 2.29. The Bertz CT molecular complexity index is 291. The van der Waals surface area contributed by atoms with Crippen LogP contribution >= 0.6 is 0 Å². The number of nitrogens with zero attached hydrogens (tertiary/aromatic N) is 2. The second-order valence-corrected chi connectivity index (χ2v) is 8.07. The highest BCUT2D eigenvalue weighted by molar-refractivity contribution is 4.90. The molecule has 2 rings (SSSR count). The van der Waals surface area contributed by atoms with E-state index in [1.165, 1.54) is 71.2 Å². The fourth-order valence-corrected chi connectivity index (χ4v) is 3.97. The van der Waals surface area contributed by atoms with Gasteiger partial charge in [0.25, 0.3) is 0 Å². The van der Waals surface area contributed by atoms with Crippen molar-refractivity contribution in [2.45, 2.75) is 64.8 Å². The van der Waals surface area contributed by atoms with Crippen molar-refractivity contribution in [1.29, 1.82) is 0 Å². The summed E-state index contributed by atoms with van der Waals surface area (Å²) in [5.41, 5.74) is 6.37. The summed E-state index contributed by atoms with van der Waals surface area (Å²) < 4.78 is 0. The quantitative estimate of drug-likeness (QED) is 0.784. The summed E-state index contributed by atoms with van der Waals surface area (Å²) in [6, 6.07) is 0. The van der Waals surface area contributed by atoms with E-state index in [0.717, 1.165) is 18.4 Å². The van der Waals surface area contributed by atoms with Crippen molar-refractivity contribution >= 4 is 0 Å². The average molecular weight is 296 g/mol. The van der Waals surface area contributed by atoms with Crippen LogP contribution in [0.2, 0.25) is 0 Å². The topological polar surface area (TPSA) is 32.5 Å². The lowest BCUT2D eigenvalue weighted by molar-refractivity contribution is 0.0504. The van der Waals surface area contributed by atoms with E-state index in [1.807, 2.05) is 0 Å². The smallest absolute Gasteiger partial charge is 0.0303 e. The van der Waals surface area contributed by atoms with E-state index in [9.17, 15) is 0 Å². The molecule has 3 nitrogen and oxygen atoms in total. The minimum absolute atomic E-state index is 0.225. The standard InChI is InChI=1S/C18H37N3/c1-16(2)6-9-18(3,15-19)21-12-7-17(8-13-21)14-20-10-4-5-11-20/h16-17H,4-15,19H2,1-3H3. The summed E-state index contributed by atoms with van der Waals surface area (Å²) in [4.78, 5) is 5.37. The predicted octanol–water partition coefficient (Wildman–Crippen LogP) is 2.95. The van der Waals surface area contributed by atoms with Crippen LogP contribution in [0, 0.1) is 11.8 Å². The van der Waals surface area contributed by atoms with Gasteiger partial charge in [-0.3, -0.25) is 4.90 Å². The van der Waals surface area contributed by atoms with E-state index < -0.39 is 0 Å². The molecule has 2 N–H and O–H groups in total. The van der Waals surface area contributed by atoms with Gasteiger partial charge in [-0.05, 0) is 83.5 Å². The van der Waals surface area contributed by atoms with Gasteiger partial charge < -0.3 is 10.6 Å².